The minimum absolute atomic E-state index is 0.0909. The molecule has 2 rings (SSSR count). The van der Waals surface area contributed by atoms with Crippen molar-refractivity contribution in [3.8, 4) is 5.75 Å². The molecule has 4 nitrogen and oxygen atoms in total. The van der Waals surface area contributed by atoms with Gasteiger partial charge in [0.15, 0.2) is 5.78 Å². The molecule has 14 heavy (non-hydrogen) atoms. The number of carbonyl (C=O) groups excluding carboxylic acids is 1. The Balaban J connectivity index is 2.38. The van der Waals surface area contributed by atoms with Crippen LogP contribution >= 0.6 is 0 Å². The number of carboxylic acids is 1. The number of para-hydroxylation sites is 1. The number of fused-ring (bicyclic) bond motifs is 1. The summed E-state index contributed by atoms with van der Waals surface area (Å²) < 4.78 is 5.14. The summed E-state index contributed by atoms with van der Waals surface area (Å²) in [5.74, 6) is -0.928. The van der Waals surface area contributed by atoms with Crippen LogP contribution in [0.4, 0.5) is 0 Å². The minimum atomic E-state index is -1.10. The fraction of sp³-hybridized carbons (Fsp3) is 0.200. The molecular weight excluding hydrogens is 184 g/mol. The molecule has 0 aliphatic carbocycles. The monoisotopic (exact) mass is 192 g/mol. The molecule has 0 bridgehead atoms. The highest BCUT2D eigenvalue weighted by molar-refractivity contribution is 6.02. The first kappa shape index (κ1) is 8.74. The van der Waals surface area contributed by atoms with E-state index < -0.39 is 12.1 Å². The molecule has 0 fully saturated rings. The zero-order valence-corrected chi connectivity index (χ0v) is 7.27. The zero-order valence-electron chi connectivity index (χ0n) is 7.27. The molecule has 72 valence electrons. The van der Waals surface area contributed by atoms with Gasteiger partial charge in [-0.3, -0.25) is 4.79 Å². The summed E-state index contributed by atoms with van der Waals surface area (Å²) in [5.41, 5.74) is 0.463. The fourth-order valence-electron chi connectivity index (χ4n) is 1.41. The van der Waals surface area contributed by atoms with Crippen LogP contribution in [0, 0.1) is 0 Å². The SMILES string of the molecule is O=C1C[C@@H](C(=O)O)Oc2ccccc21. The number of rotatable bonds is 1. The Kier molecular flexibility index (Phi) is 1.96. The van der Waals surface area contributed by atoms with Crippen LogP contribution in [-0.4, -0.2) is 23.0 Å². The van der Waals surface area contributed by atoms with Crippen molar-refractivity contribution >= 4 is 11.8 Å². The third-order valence-electron chi connectivity index (χ3n) is 2.10. The number of Topliss-reactive ketones (excluding diaryl/α,β-unsaturated/α-hetero) is 1. The van der Waals surface area contributed by atoms with E-state index in [-0.39, 0.29) is 12.2 Å². The summed E-state index contributed by atoms with van der Waals surface area (Å²) >= 11 is 0. The Labute approximate surface area is 80.1 Å². The molecule has 1 aliphatic rings. The van der Waals surface area contributed by atoms with E-state index in [4.69, 9.17) is 9.84 Å². The van der Waals surface area contributed by atoms with Crippen molar-refractivity contribution in [3.05, 3.63) is 29.8 Å². The van der Waals surface area contributed by atoms with Gasteiger partial charge in [0.25, 0.3) is 0 Å². The van der Waals surface area contributed by atoms with Crippen LogP contribution in [0.15, 0.2) is 24.3 Å². The van der Waals surface area contributed by atoms with E-state index in [9.17, 15) is 9.59 Å². The summed E-state index contributed by atoms with van der Waals surface area (Å²) in [6.07, 6.45) is -1.14. The first-order valence-electron chi connectivity index (χ1n) is 4.20. The number of hydrogen-bond donors (Lipinski definition) is 1. The maximum absolute atomic E-state index is 11.5. The largest absolute Gasteiger partial charge is 0.478 e. The highest BCUT2D eigenvalue weighted by Gasteiger charge is 2.30. The van der Waals surface area contributed by atoms with E-state index in [1.54, 1.807) is 24.3 Å². The predicted octanol–water partition coefficient (Wildman–Crippen LogP) is 1.11. The lowest BCUT2D eigenvalue weighted by Gasteiger charge is -2.21. The fourth-order valence-corrected chi connectivity index (χ4v) is 1.41. The molecule has 0 amide bonds. The van der Waals surface area contributed by atoms with Crippen LogP contribution < -0.4 is 4.74 Å². The normalized spacial score (nSPS) is 19.7. The van der Waals surface area contributed by atoms with Gasteiger partial charge in [0, 0.05) is 0 Å². The van der Waals surface area contributed by atoms with Gasteiger partial charge in [-0.05, 0) is 12.1 Å². The van der Waals surface area contributed by atoms with Gasteiger partial charge in [0.05, 0.1) is 12.0 Å². The van der Waals surface area contributed by atoms with Gasteiger partial charge < -0.3 is 9.84 Å². The Morgan fingerprint density at radius 2 is 2.14 bits per heavy atom. The zero-order chi connectivity index (χ0) is 10.1. The highest BCUT2D eigenvalue weighted by Crippen LogP contribution is 2.26. The van der Waals surface area contributed by atoms with Crippen molar-refractivity contribution in [2.45, 2.75) is 12.5 Å². The summed E-state index contributed by atoms with van der Waals surface area (Å²) in [6.45, 7) is 0. The molecule has 1 aliphatic heterocycles. The molecule has 1 atom stereocenters. The number of aliphatic carboxylic acids is 1. The van der Waals surface area contributed by atoms with Crippen molar-refractivity contribution in [1.82, 2.24) is 0 Å². The third-order valence-corrected chi connectivity index (χ3v) is 2.10. The Bertz CT molecular complexity index is 397. The van der Waals surface area contributed by atoms with Crippen molar-refractivity contribution in [2.24, 2.45) is 0 Å². The smallest absolute Gasteiger partial charge is 0.345 e. The van der Waals surface area contributed by atoms with Crippen LogP contribution in [-0.2, 0) is 4.79 Å². The van der Waals surface area contributed by atoms with Crippen molar-refractivity contribution in [2.75, 3.05) is 0 Å². The number of hydrogen-bond acceptors (Lipinski definition) is 3. The van der Waals surface area contributed by atoms with Crippen LogP contribution in [0.1, 0.15) is 16.8 Å². The third kappa shape index (κ3) is 1.35. The Morgan fingerprint density at radius 1 is 1.43 bits per heavy atom. The molecule has 4 heteroatoms. The van der Waals surface area contributed by atoms with Gasteiger partial charge in [-0.2, -0.15) is 0 Å². The van der Waals surface area contributed by atoms with Crippen molar-refractivity contribution in [3.63, 3.8) is 0 Å². The molecule has 1 aromatic carbocycles. The predicted molar refractivity (Wildman–Crippen MR) is 47.4 cm³/mol. The average molecular weight is 192 g/mol. The maximum atomic E-state index is 11.5. The highest BCUT2D eigenvalue weighted by atomic mass is 16.5. The van der Waals surface area contributed by atoms with Gasteiger partial charge in [0.2, 0.25) is 6.10 Å². The lowest BCUT2D eigenvalue weighted by Crippen LogP contribution is -2.33. The molecule has 0 aromatic heterocycles. The molecular formula is C10H8O4. The first-order valence-corrected chi connectivity index (χ1v) is 4.20. The number of benzene rings is 1. The molecule has 0 unspecified atom stereocenters. The van der Waals surface area contributed by atoms with Crippen molar-refractivity contribution in [1.29, 1.82) is 0 Å². The second-order valence-electron chi connectivity index (χ2n) is 3.07. The van der Waals surface area contributed by atoms with E-state index >= 15 is 0 Å². The van der Waals surface area contributed by atoms with Gasteiger partial charge in [-0.1, -0.05) is 12.1 Å². The quantitative estimate of drug-likeness (QED) is 0.723. The Hall–Kier alpha value is -1.84. The first-order chi connectivity index (χ1) is 6.68. The van der Waals surface area contributed by atoms with Crippen LogP contribution in [0.2, 0.25) is 0 Å². The standard InChI is InChI=1S/C10H8O4/c11-7-5-9(10(12)13)14-8-4-2-1-3-6(7)8/h1-4,9H,5H2,(H,12,13)/t9-/m0/s1. The number of ether oxygens (including phenoxy) is 1. The lowest BCUT2D eigenvalue weighted by molar-refractivity contribution is -0.145. The van der Waals surface area contributed by atoms with Gasteiger partial charge >= 0.3 is 5.97 Å². The Morgan fingerprint density at radius 3 is 2.86 bits per heavy atom. The second kappa shape index (κ2) is 3.14. The molecule has 0 saturated heterocycles. The number of carboxylic acid groups (broad SMARTS) is 1. The number of ketones is 1. The molecule has 0 saturated carbocycles. The average Bonchev–Trinajstić information content (AvgIpc) is 2.17. The number of carbonyl (C=O) groups is 2. The maximum Gasteiger partial charge on any atom is 0.345 e. The summed E-state index contributed by atoms with van der Waals surface area (Å²) in [6, 6.07) is 6.66. The van der Waals surface area contributed by atoms with Gasteiger partial charge in [-0.25, -0.2) is 4.79 Å². The molecule has 1 N–H and O–H groups in total. The lowest BCUT2D eigenvalue weighted by atomic mass is 10.0. The molecule has 0 radical (unpaired) electrons. The minimum Gasteiger partial charge on any atom is -0.478 e. The van der Waals surface area contributed by atoms with Crippen LogP contribution in [0.3, 0.4) is 0 Å². The van der Waals surface area contributed by atoms with Gasteiger partial charge in [0.1, 0.15) is 5.75 Å². The molecule has 1 heterocycles. The summed E-state index contributed by atoms with van der Waals surface area (Å²) in [7, 11) is 0. The molecule has 0 spiro atoms. The summed E-state index contributed by atoms with van der Waals surface area (Å²) in [5, 5.41) is 8.70. The van der Waals surface area contributed by atoms with Crippen LogP contribution in [0.5, 0.6) is 5.75 Å². The van der Waals surface area contributed by atoms with E-state index in [1.165, 1.54) is 0 Å². The van der Waals surface area contributed by atoms with E-state index in [0.29, 0.717) is 11.3 Å². The second-order valence-corrected chi connectivity index (χ2v) is 3.07. The van der Waals surface area contributed by atoms with Gasteiger partial charge in [-0.15, -0.1) is 0 Å². The van der Waals surface area contributed by atoms with Crippen molar-refractivity contribution < 1.29 is 19.4 Å². The summed E-state index contributed by atoms with van der Waals surface area (Å²) in [4.78, 5) is 22.1. The van der Waals surface area contributed by atoms with Crippen LogP contribution in [0.25, 0.3) is 0 Å². The topological polar surface area (TPSA) is 63.6 Å². The van der Waals surface area contributed by atoms with E-state index in [0.717, 1.165) is 0 Å². The molecule has 1 aromatic rings. The van der Waals surface area contributed by atoms with E-state index in [1.807, 2.05) is 0 Å². The van der Waals surface area contributed by atoms with E-state index in [2.05, 4.69) is 0 Å².